The first-order valence-electron chi connectivity index (χ1n) is 5.39. The molecule has 0 aliphatic heterocycles. The lowest BCUT2D eigenvalue weighted by Gasteiger charge is -2.20. The second-order valence-electron chi connectivity index (χ2n) is 5.00. The molecule has 0 bridgehead atoms. The number of carbonyl (C=O) groups is 1. The Morgan fingerprint density at radius 3 is 2.18 bits per heavy atom. The van der Waals surface area contributed by atoms with Crippen molar-refractivity contribution in [2.75, 3.05) is 11.5 Å². The van der Waals surface area contributed by atoms with Gasteiger partial charge in [-0.2, -0.15) is 0 Å². The van der Waals surface area contributed by atoms with Crippen LogP contribution in [0.25, 0.3) is 0 Å². The van der Waals surface area contributed by atoms with Crippen molar-refractivity contribution in [3.8, 4) is 0 Å². The van der Waals surface area contributed by atoms with E-state index in [-0.39, 0.29) is 11.4 Å². The number of anilines is 2. The number of nitrogens with zero attached hydrogens (tertiary/aromatic N) is 1. The average molecular weight is 237 g/mol. The molecular formula is C12H19N3O2. The number of hydrogen-bond acceptors (Lipinski definition) is 5. The fraction of sp³-hybridized carbons (Fsp3) is 0.500. The van der Waals surface area contributed by atoms with Gasteiger partial charge in [0.1, 0.15) is 5.60 Å². The van der Waals surface area contributed by atoms with Crippen molar-refractivity contribution in [2.45, 2.75) is 40.2 Å². The molecule has 0 aliphatic rings. The van der Waals surface area contributed by atoms with Crippen LogP contribution in [-0.4, -0.2) is 16.6 Å². The zero-order valence-electron chi connectivity index (χ0n) is 10.9. The maximum atomic E-state index is 11.9. The summed E-state index contributed by atoms with van der Waals surface area (Å²) in [6.45, 7) is 8.86. The predicted octanol–water partition coefficient (Wildman–Crippen LogP) is 1.82. The number of nitrogen functional groups attached to an aromatic ring is 2. The van der Waals surface area contributed by atoms with Crippen LogP contribution in [0.3, 0.4) is 0 Å². The number of esters is 1. The van der Waals surface area contributed by atoms with E-state index >= 15 is 0 Å². The van der Waals surface area contributed by atoms with E-state index in [0.717, 1.165) is 0 Å². The molecule has 0 saturated carbocycles. The second kappa shape index (κ2) is 4.24. The summed E-state index contributed by atoms with van der Waals surface area (Å²) in [5, 5.41) is 0. The van der Waals surface area contributed by atoms with E-state index < -0.39 is 11.6 Å². The molecule has 5 heteroatoms. The molecule has 94 valence electrons. The van der Waals surface area contributed by atoms with Crippen LogP contribution in [0, 0.1) is 13.8 Å². The van der Waals surface area contributed by atoms with Gasteiger partial charge >= 0.3 is 5.97 Å². The van der Waals surface area contributed by atoms with Crippen LogP contribution in [-0.2, 0) is 4.74 Å². The minimum absolute atomic E-state index is 0.129. The van der Waals surface area contributed by atoms with Crippen LogP contribution in [0.5, 0.6) is 0 Å². The van der Waals surface area contributed by atoms with Crippen molar-refractivity contribution in [3.05, 3.63) is 17.0 Å². The van der Waals surface area contributed by atoms with E-state index in [9.17, 15) is 4.79 Å². The van der Waals surface area contributed by atoms with Gasteiger partial charge in [-0.25, -0.2) is 9.78 Å². The highest BCUT2D eigenvalue weighted by molar-refractivity contribution is 5.95. The van der Waals surface area contributed by atoms with Crippen molar-refractivity contribution in [1.29, 1.82) is 0 Å². The maximum absolute atomic E-state index is 11.9. The van der Waals surface area contributed by atoms with Crippen LogP contribution in [0.15, 0.2) is 0 Å². The molecule has 0 atom stereocenters. The molecule has 1 aromatic rings. The summed E-state index contributed by atoms with van der Waals surface area (Å²) >= 11 is 0. The first-order valence-corrected chi connectivity index (χ1v) is 5.39. The Morgan fingerprint density at radius 1 is 1.18 bits per heavy atom. The highest BCUT2D eigenvalue weighted by Crippen LogP contribution is 2.25. The largest absolute Gasteiger partial charge is 0.455 e. The standard InChI is InChI=1S/C12H19N3O2/c1-6-8(13)7(2)15-10(9(6)14)11(16)17-12(3,4)5/h13-14H2,1-5H3. The average Bonchev–Trinajstić information content (AvgIpc) is 2.17. The molecule has 5 nitrogen and oxygen atoms in total. The zero-order valence-corrected chi connectivity index (χ0v) is 10.9. The Balaban J connectivity index is 3.20. The molecule has 0 amide bonds. The molecule has 0 fully saturated rings. The Bertz CT molecular complexity index is 462. The van der Waals surface area contributed by atoms with Crippen molar-refractivity contribution in [3.63, 3.8) is 0 Å². The van der Waals surface area contributed by atoms with Gasteiger partial charge in [0.05, 0.1) is 17.1 Å². The Kier molecular flexibility index (Phi) is 3.31. The topological polar surface area (TPSA) is 91.2 Å². The monoisotopic (exact) mass is 237 g/mol. The van der Waals surface area contributed by atoms with Gasteiger partial charge < -0.3 is 16.2 Å². The molecule has 1 aromatic heterocycles. The first-order chi connectivity index (χ1) is 7.63. The summed E-state index contributed by atoms with van der Waals surface area (Å²) in [5.74, 6) is -0.527. The van der Waals surface area contributed by atoms with Crippen molar-refractivity contribution >= 4 is 17.3 Å². The maximum Gasteiger partial charge on any atom is 0.359 e. The summed E-state index contributed by atoms with van der Waals surface area (Å²) in [4.78, 5) is 16.0. The number of nitrogens with two attached hydrogens (primary N) is 2. The minimum Gasteiger partial charge on any atom is -0.455 e. The number of hydrogen-bond donors (Lipinski definition) is 2. The summed E-state index contributed by atoms with van der Waals surface area (Å²) in [7, 11) is 0. The lowest BCUT2D eigenvalue weighted by Crippen LogP contribution is -2.25. The molecular weight excluding hydrogens is 218 g/mol. The molecule has 0 radical (unpaired) electrons. The molecule has 4 N–H and O–H groups in total. The normalized spacial score (nSPS) is 11.4. The third-order valence-electron chi connectivity index (χ3n) is 2.32. The Hall–Kier alpha value is -1.78. The predicted molar refractivity (Wildman–Crippen MR) is 67.7 cm³/mol. The smallest absolute Gasteiger partial charge is 0.359 e. The van der Waals surface area contributed by atoms with E-state index in [1.165, 1.54) is 0 Å². The van der Waals surface area contributed by atoms with Gasteiger partial charge in [0.25, 0.3) is 0 Å². The third-order valence-corrected chi connectivity index (χ3v) is 2.32. The van der Waals surface area contributed by atoms with Crippen LogP contribution >= 0.6 is 0 Å². The van der Waals surface area contributed by atoms with Crippen LogP contribution < -0.4 is 11.5 Å². The number of aryl methyl sites for hydroxylation is 1. The number of ether oxygens (including phenoxy) is 1. The van der Waals surface area contributed by atoms with E-state index in [4.69, 9.17) is 16.2 Å². The zero-order chi connectivity index (χ0) is 13.4. The first kappa shape index (κ1) is 13.3. The van der Waals surface area contributed by atoms with Crippen molar-refractivity contribution in [2.24, 2.45) is 0 Å². The molecule has 17 heavy (non-hydrogen) atoms. The van der Waals surface area contributed by atoms with Gasteiger partial charge in [0, 0.05) is 0 Å². The van der Waals surface area contributed by atoms with Gasteiger partial charge in [-0.15, -0.1) is 0 Å². The minimum atomic E-state index is -0.575. The third kappa shape index (κ3) is 2.87. The van der Waals surface area contributed by atoms with Gasteiger partial charge in [-0.05, 0) is 40.2 Å². The summed E-state index contributed by atoms with van der Waals surface area (Å²) in [5.41, 5.74) is 13.2. The fourth-order valence-corrected chi connectivity index (χ4v) is 1.36. The molecule has 0 aliphatic carbocycles. The highest BCUT2D eigenvalue weighted by Gasteiger charge is 2.23. The SMILES string of the molecule is Cc1nc(C(=O)OC(C)(C)C)c(N)c(C)c1N. The van der Waals surface area contributed by atoms with Gasteiger partial charge in [-0.1, -0.05) is 0 Å². The van der Waals surface area contributed by atoms with Crippen LogP contribution in [0.1, 0.15) is 42.5 Å². The molecule has 1 heterocycles. The molecule has 0 unspecified atom stereocenters. The number of rotatable bonds is 1. The van der Waals surface area contributed by atoms with E-state index in [1.54, 1.807) is 34.6 Å². The van der Waals surface area contributed by atoms with Crippen molar-refractivity contribution in [1.82, 2.24) is 4.98 Å². The van der Waals surface area contributed by atoms with Crippen LogP contribution in [0.4, 0.5) is 11.4 Å². The molecule has 0 spiro atoms. The summed E-state index contributed by atoms with van der Waals surface area (Å²) in [6.07, 6.45) is 0. The van der Waals surface area contributed by atoms with Gasteiger partial charge in [0.15, 0.2) is 5.69 Å². The summed E-state index contributed by atoms with van der Waals surface area (Å²) in [6, 6.07) is 0. The van der Waals surface area contributed by atoms with E-state index in [1.807, 2.05) is 0 Å². The van der Waals surface area contributed by atoms with Gasteiger partial charge in [-0.3, -0.25) is 0 Å². The summed E-state index contributed by atoms with van der Waals surface area (Å²) < 4.78 is 5.23. The quantitative estimate of drug-likeness (QED) is 0.727. The lowest BCUT2D eigenvalue weighted by atomic mass is 10.1. The fourth-order valence-electron chi connectivity index (χ4n) is 1.36. The Morgan fingerprint density at radius 2 is 1.71 bits per heavy atom. The highest BCUT2D eigenvalue weighted by atomic mass is 16.6. The second-order valence-corrected chi connectivity index (χ2v) is 5.00. The number of aromatic nitrogens is 1. The molecule has 0 saturated heterocycles. The number of pyridine rings is 1. The Labute approximate surface area is 101 Å². The van der Waals surface area contributed by atoms with Crippen molar-refractivity contribution < 1.29 is 9.53 Å². The molecule has 1 rings (SSSR count). The van der Waals surface area contributed by atoms with Crippen LogP contribution in [0.2, 0.25) is 0 Å². The van der Waals surface area contributed by atoms with E-state index in [0.29, 0.717) is 16.9 Å². The number of carbonyl (C=O) groups excluding carboxylic acids is 1. The lowest BCUT2D eigenvalue weighted by molar-refractivity contribution is 0.00639. The molecule has 0 aromatic carbocycles. The van der Waals surface area contributed by atoms with Gasteiger partial charge in [0.2, 0.25) is 0 Å². The van der Waals surface area contributed by atoms with E-state index in [2.05, 4.69) is 4.98 Å².